The Balaban J connectivity index is 2.23. The summed E-state index contributed by atoms with van der Waals surface area (Å²) in [7, 11) is 0. The first-order valence-corrected chi connectivity index (χ1v) is 6.18. The second-order valence-corrected chi connectivity index (χ2v) is 5.00. The first-order valence-electron chi connectivity index (χ1n) is 5.36. The monoisotopic (exact) mass is 243 g/mol. The lowest BCUT2D eigenvalue weighted by Gasteiger charge is -1.99. The molecule has 0 saturated carbocycles. The molecule has 17 heavy (non-hydrogen) atoms. The van der Waals surface area contributed by atoms with Gasteiger partial charge in [0, 0.05) is 5.56 Å². The molecule has 3 rings (SSSR count). The van der Waals surface area contributed by atoms with Crippen LogP contribution in [0.5, 0.6) is 0 Å². The van der Waals surface area contributed by atoms with Crippen molar-refractivity contribution in [3.05, 3.63) is 53.8 Å². The smallest absolute Gasteiger partial charge is 0.133 e. The van der Waals surface area contributed by atoms with Gasteiger partial charge < -0.3 is 0 Å². The molecule has 1 nitrogen and oxygen atoms in total. The van der Waals surface area contributed by atoms with Crippen LogP contribution in [0.4, 0.5) is 4.39 Å². The number of halogens is 1. The van der Waals surface area contributed by atoms with Crippen molar-refractivity contribution < 1.29 is 4.39 Å². The molecule has 84 valence electrons. The first kappa shape index (κ1) is 10.4. The van der Waals surface area contributed by atoms with E-state index in [-0.39, 0.29) is 5.82 Å². The van der Waals surface area contributed by atoms with Gasteiger partial charge in [0.25, 0.3) is 0 Å². The van der Waals surface area contributed by atoms with Crippen molar-refractivity contribution in [1.82, 2.24) is 4.98 Å². The number of aryl methyl sites for hydroxylation is 1. The number of hydrogen-bond acceptors (Lipinski definition) is 2. The highest BCUT2D eigenvalue weighted by atomic mass is 32.1. The van der Waals surface area contributed by atoms with Crippen LogP contribution in [0.2, 0.25) is 0 Å². The predicted molar refractivity (Wildman–Crippen MR) is 69.8 cm³/mol. The molecule has 0 atom stereocenters. The molecule has 0 unspecified atom stereocenters. The summed E-state index contributed by atoms with van der Waals surface area (Å²) in [6.07, 6.45) is 0. The summed E-state index contributed by atoms with van der Waals surface area (Å²) in [6, 6.07) is 13.0. The second kappa shape index (κ2) is 3.93. The highest BCUT2D eigenvalue weighted by molar-refractivity contribution is 7.21. The molecule has 2 aromatic carbocycles. The normalized spacial score (nSPS) is 10.9. The molecule has 0 amide bonds. The number of benzene rings is 2. The molecule has 0 radical (unpaired) electrons. The van der Waals surface area contributed by atoms with Crippen molar-refractivity contribution in [3.63, 3.8) is 0 Å². The lowest BCUT2D eigenvalue weighted by Crippen LogP contribution is -1.84. The van der Waals surface area contributed by atoms with Gasteiger partial charge in [-0.3, -0.25) is 0 Å². The molecule has 1 heterocycles. The minimum absolute atomic E-state index is 0.213. The van der Waals surface area contributed by atoms with Gasteiger partial charge in [0.2, 0.25) is 0 Å². The highest BCUT2D eigenvalue weighted by Crippen LogP contribution is 2.31. The van der Waals surface area contributed by atoms with Crippen molar-refractivity contribution >= 4 is 21.6 Å². The van der Waals surface area contributed by atoms with Crippen LogP contribution in [0.3, 0.4) is 0 Å². The van der Waals surface area contributed by atoms with E-state index in [9.17, 15) is 4.39 Å². The Kier molecular flexibility index (Phi) is 2.41. The molecule has 0 aliphatic carbocycles. The van der Waals surface area contributed by atoms with Crippen LogP contribution < -0.4 is 0 Å². The van der Waals surface area contributed by atoms with Crippen molar-refractivity contribution in [1.29, 1.82) is 0 Å². The van der Waals surface area contributed by atoms with Gasteiger partial charge in [-0.25, -0.2) is 9.37 Å². The van der Waals surface area contributed by atoms with Crippen molar-refractivity contribution in [3.8, 4) is 10.6 Å². The maximum Gasteiger partial charge on any atom is 0.133 e. The van der Waals surface area contributed by atoms with Crippen LogP contribution in [0.15, 0.2) is 42.5 Å². The summed E-state index contributed by atoms with van der Waals surface area (Å²) in [5.74, 6) is -0.213. The van der Waals surface area contributed by atoms with E-state index in [2.05, 4.69) is 4.98 Å². The maximum absolute atomic E-state index is 13.8. The molecule has 0 bridgehead atoms. The van der Waals surface area contributed by atoms with E-state index < -0.39 is 0 Å². The third-order valence-corrected chi connectivity index (χ3v) is 3.72. The first-order chi connectivity index (χ1) is 8.24. The fourth-order valence-corrected chi connectivity index (χ4v) is 2.77. The Morgan fingerprint density at radius 2 is 1.94 bits per heavy atom. The summed E-state index contributed by atoms with van der Waals surface area (Å²) in [5.41, 5.74) is 2.56. The minimum Gasteiger partial charge on any atom is -0.236 e. The average molecular weight is 243 g/mol. The Hall–Kier alpha value is -1.74. The molecule has 0 aliphatic rings. The molecule has 0 N–H and O–H groups in total. The molecule has 0 saturated heterocycles. The molecule has 3 heteroatoms. The van der Waals surface area contributed by atoms with E-state index in [1.165, 1.54) is 17.4 Å². The zero-order valence-corrected chi connectivity index (χ0v) is 10.1. The van der Waals surface area contributed by atoms with E-state index in [0.29, 0.717) is 5.56 Å². The topological polar surface area (TPSA) is 12.9 Å². The Morgan fingerprint density at radius 3 is 2.76 bits per heavy atom. The third-order valence-electron chi connectivity index (χ3n) is 2.65. The molecular weight excluding hydrogens is 233 g/mol. The number of hydrogen-bond donors (Lipinski definition) is 0. The summed E-state index contributed by atoms with van der Waals surface area (Å²) in [4.78, 5) is 4.46. The molecular formula is C14H10FNS. The van der Waals surface area contributed by atoms with Crippen LogP contribution >= 0.6 is 11.3 Å². The summed E-state index contributed by atoms with van der Waals surface area (Å²) >= 11 is 1.52. The van der Waals surface area contributed by atoms with E-state index in [1.54, 1.807) is 6.07 Å². The third kappa shape index (κ3) is 1.83. The van der Waals surface area contributed by atoms with Gasteiger partial charge in [0.15, 0.2) is 0 Å². The van der Waals surface area contributed by atoms with Gasteiger partial charge in [0.05, 0.1) is 10.2 Å². The largest absolute Gasteiger partial charge is 0.236 e. The number of aromatic nitrogens is 1. The van der Waals surface area contributed by atoms with Crippen LogP contribution in [0, 0.1) is 12.7 Å². The Morgan fingerprint density at radius 1 is 1.12 bits per heavy atom. The van der Waals surface area contributed by atoms with Gasteiger partial charge in [-0.05, 0) is 31.2 Å². The van der Waals surface area contributed by atoms with Crippen molar-refractivity contribution in [2.75, 3.05) is 0 Å². The van der Waals surface area contributed by atoms with Crippen molar-refractivity contribution in [2.24, 2.45) is 0 Å². The quantitative estimate of drug-likeness (QED) is 0.617. The van der Waals surface area contributed by atoms with Crippen LogP contribution in [-0.2, 0) is 0 Å². The van der Waals surface area contributed by atoms with Gasteiger partial charge in [0.1, 0.15) is 10.8 Å². The highest BCUT2D eigenvalue weighted by Gasteiger charge is 2.10. The lowest BCUT2D eigenvalue weighted by molar-refractivity contribution is 0.631. The lowest BCUT2D eigenvalue weighted by atomic mass is 10.1. The number of para-hydroxylation sites is 1. The van der Waals surface area contributed by atoms with Gasteiger partial charge >= 0.3 is 0 Å². The number of rotatable bonds is 1. The fraction of sp³-hybridized carbons (Fsp3) is 0.0714. The van der Waals surface area contributed by atoms with E-state index in [0.717, 1.165) is 20.8 Å². The molecule has 0 spiro atoms. The average Bonchev–Trinajstić information content (AvgIpc) is 2.75. The van der Waals surface area contributed by atoms with Crippen molar-refractivity contribution in [2.45, 2.75) is 6.92 Å². The SMILES string of the molecule is Cc1ccc(F)c(-c2nc3ccccc3s2)c1. The molecule has 0 aliphatic heterocycles. The summed E-state index contributed by atoms with van der Waals surface area (Å²) in [6.45, 7) is 1.95. The van der Waals surface area contributed by atoms with Gasteiger partial charge in [-0.2, -0.15) is 0 Å². The van der Waals surface area contributed by atoms with E-state index in [1.807, 2.05) is 37.3 Å². The number of fused-ring (bicyclic) bond motifs is 1. The van der Waals surface area contributed by atoms with Crippen LogP contribution in [-0.4, -0.2) is 4.98 Å². The van der Waals surface area contributed by atoms with Gasteiger partial charge in [-0.15, -0.1) is 11.3 Å². The van der Waals surface area contributed by atoms with Crippen LogP contribution in [0.1, 0.15) is 5.56 Å². The Bertz CT molecular complexity index is 655. The zero-order chi connectivity index (χ0) is 11.8. The fourth-order valence-electron chi connectivity index (χ4n) is 1.79. The number of nitrogens with zero attached hydrogens (tertiary/aromatic N) is 1. The summed E-state index contributed by atoms with van der Waals surface area (Å²) < 4.78 is 14.8. The Labute approximate surface area is 103 Å². The van der Waals surface area contributed by atoms with E-state index >= 15 is 0 Å². The molecule has 1 aromatic heterocycles. The van der Waals surface area contributed by atoms with E-state index in [4.69, 9.17) is 0 Å². The minimum atomic E-state index is -0.213. The van der Waals surface area contributed by atoms with Crippen LogP contribution in [0.25, 0.3) is 20.8 Å². The molecule has 3 aromatic rings. The number of thiazole rings is 1. The molecule has 0 fully saturated rings. The predicted octanol–water partition coefficient (Wildman–Crippen LogP) is 4.41. The maximum atomic E-state index is 13.8. The standard InChI is InChI=1S/C14H10FNS/c1-9-6-7-11(15)10(8-9)14-16-12-4-2-3-5-13(12)17-14/h2-8H,1H3. The summed E-state index contributed by atoms with van der Waals surface area (Å²) in [5, 5.41) is 0.743. The zero-order valence-electron chi connectivity index (χ0n) is 9.27. The second-order valence-electron chi connectivity index (χ2n) is 3.97. The van der Waals surface area contributed by atoms with Gasteiger partial charge in [-0.1, -0.05) is 23.8 Å².